The number of nitrogens with zero attached hydrogens (tertiary/aromatic N) is 6. The van der Waals surface area contributed by atoms with Crippen molar-refractivity contribution < 1.29 is 4.79 Å². The molecule has 0 saturated heterocycles. The van der Waals surface area contributed by atoms with Gasteiger partial charge in [0, 0.05) is 6.07 Å². The predicted octanol–water partition coefficient (Wildman–Crippen LogP) is 3.83. The second-order valence-corrected chi connectivity index (χ2v) is 8.50. The fraction of sp³-hybridized carbons (Fsp3) is 0.450. The number of rotatable bonds is 7. The normalized spacial score (nSPS) is 14.6. The van der Waals surface area contributed by atoms with Crippen LogP contribution in [0.4, 0.5) is 5.82 Å². The Balaban J connectivity index is 1.38. The highest BCUT2D eigenvalue weighted by Gasteiger charge is 2.21. The van der Waals surface area contributed by atoms with E-state index >= 15 is 0 Å². The zero-order chi connectivity index (χ0) is 20.2. The molecule has 4 rings (SSSR count). The van der Waals surface area contributed by atoms with Gasteiger partial charge in [0.1, 0.15) is 5.82 Å². The van der Waals surface area contributed by atoms with Gasteiger partial charge in [0.25, 0.3) is 0 Å². The van der Waals surface area contributed by atoms with E-state index in [1.165, 1.54) is 30.2 Å². The van der Waals surface area contributed by atoms with E-state index in [-0.39, 0.29) is 11.7 Å². The lowest BCUT2D eigenvalue weighted by Gasteiger charge is -2.14. The third-order valence-electron chi connectivity index (χ3n) is 5.19. The molecule has 1 amide bonds. The summed E-state index contributed by atoms with van der Waals surface area (Å²) >= 11 is 1.31. The van der Waals surface area contributed by atoms with Gasteiger partial charge in [0.15, 0.2) is 0 Å². The van der Waals surface area contributed by atoms with Crippen molar-refractivity contribution >= 4 is 23.5 Å². The zero-order valence-corrected chi connectivity index (χ0v) is 17.5. The maximum Gasteiger partial charge on any atom is 0.235 e. The van der Waals surface area contributed by atoms with Gasteiger partial charge in [-0.15, -0.1) is 5.10 Å². The van der Waals surface area contributed by atoms with Gasteiger partial charge in [-0.05, 0) is 46.9 Å². The molecule has 1 aromatic carbocycles. The van der Waals surface area contributed by atoms with Crippen LogP contribution in [0.2, 0.25) is 0 Å². The zero-order valence-electron chi connectivity index (χ0n) is 16.7. The highest BCUT2D eigenvalue weighted by molar-refractivity contribution is 7.99. The van der Waals surface area contributed by atoms with Gasteiger partial charge in [0.05, 0.1) is 23.7 Å². The Bertz CT molecular complexity index is 957. The molecule has 0 atom stereocenters. The summed E-state index contributed by atoms with van der Waals surface area (Å²) in [6.45, 7) is 4.31. The second-order valence-electron chi connectivity index (χ2n) is 7.56. The molecule has 0 spiro atoms. The molecule has 1 N–H and O–H groups in total. The summed E-state index contributed by atoms with van der Waals surface area (Å²) in [5.74, 6) is 1.35. The average Bonchev–Trinajstić information content (AvgIpc) is 3.47. The molecule has 2 heterocycles. The molecule has 152 valence electrons. The monoisotopic (exact) mass is 411 g/mol. The lowest BCUT2D eigenvalue weighted by atomic mass is 10.0. The standard InChI is InChI=1S/C20H25N7OS/c1-14(2)15-7-9-17(10-8-15)27-20(23-24-25-27)29-13-19(28)22-18-11-12-21-26(18)16-5-3-4-6-16/h7-12,14,16H,3-6,13H2,1-2H3,(H,22,28). The van der Waals surface area contributed by atoms with Crippen LogP contribution in [0.5, 0.6) is 0 Å². The number of aromatic nitrogens is 6. The van der Waals surface area contributed by atoms with Gasteiger partial charge in [0.2, 0.25) is 11.1 Å². The molecule has 2 aromatic heterocycles. The summed E-state index contributed by atoms with van der Waals surface area (Å²) in [4.78, 5) is 12.5. The fourth-order valence-electron chi connectivity index (χ4n) is 3.59. The summed E-state index contributed by atoms with van der Waals surface area (Å²) in [7, 11) is 0. The molecule has 9 heteroatoms. The summed E-state index contributed by atoms with van der Waals surface area (Å²) in [5.41, 5.74) is 2.14. The highest BCUT2D eigenvalue weighted by Crippen LogP contribution is 2.31. The molecule has 0 aliphatic heterocycles. The number of carbonyl (C=O) groups excluding carboxylic acids is 1. The van der Waals surface area contributed by atoms with E-state index < -0.39 is 0 Å². The van der Waals surface area contributed by atoms with Crippen LogP contribution >= 0.6 is 11.8 Å². The molecule has 29 heavy (non-hydrogen) atoms. The minimum atomic E-state index is -0.0977. The maximum absolute atomic E-state index is 12.5. The van der Waals surface area contributed by atoms with E-state index in [9.17, 15) is 4.79 Å². The van der Waals surface area contributed by atoms with Crippen LogP contribution in [0, 0.1) is 0 Å². The molecule has 1 aliphatic carbocycles. The Hall–Kier alpha value is -2.68. The molecule has 0 radical (unpaired) electrons. The Morgan fingerprint density at radius 3 is 2.69 bits per heavy atom. The van der Waals surface area contributed by atoms with Crippen LogP contribution < -0.4 is 5.32 Å². The SMILES string of the molecule is CC(C)c1ccc(-n2nnnc2SCC(=O)Nc2ccnn2C2CCCC2)cc1. The number of thioether (sulfide) groups is 1. The van der Waals surface area contributed by atoms with Crippen molar-refractivity contribution in [2.24, 2.45) is 0 Å². The van der Waals surface area contributed by atoms with Gasteiger partial charge in [-0.2, -0.15) is 9.78 Å². The lowest BCUT2D eigenvalue weighted by Crippen LogP contribution is -2.19. The summed E-state index contributed by atoms with van der Waals surface area (Å²) in [5, 5.41) is 19.9. The first-order valence-corrected chi connectivity index (χ1v) is 11.0. The molecule has 1 aliphatic rings. The number of nitrogens with one attached hydrogen (secondary N) is 1. The van der Waals surface area contributed by atoms with E-state index in [0.29, 0.717) is 17.1 Å². The van der Waals surface area contributed by atoms with Crippen LogP contribution in [-0.4, -0.2) is 41.6 Å². The van der Waals surface area contributed by atoms with Crippen molar-refractivity contribution in [3.63, 3.8) is 0 Å². The van der Waals surface area contributed by atoms with Gasteiger partial charge >= 0.3 is 0 Å². The Morgan fingerprint density at radius 2 is 1.97 bits per heavy atom. The molecule has 8 nitrogen and oxygen atoms in total. The molecule has 3 aromatic rings. The summed E-state index contributed by atoms with van der Waals surface area (Å²) in [6, 6.07) is 10.4. The van der Waals surface area contributed by atoms with Crippen molar-refractivity contribution in [3.8, 4) is 5.69 Å². The van der Waals surface area contributed by atoms with Crippen LogP contribution in [0.3, 0.4) is 0 Å². The van der Waals surface area contributed by atoms with Crippen LogP contribution in [0.15, 0.2) is 41.7 Å². The Labute approximate surface area is 174 Å². The quantitative estimate of drug-likeness (QED) is 0.594. The number of tetrazole rings is 1. The molecule has 0 unspecified atom stereocenters. The van der Waals surface area contributed by atoms with Crippen LogP contribution in [0.25, 0.3) is 5.69 Å². The topological polar surface area (TPSA) is 90.5 Å². The largest absolute Gasteiger partial charge is 0.310 e. The molecular weight excluding hydrogens is 386 g/mol. The van der Waals surface area contributed by atoms with Crippen molar-refractivity contribution in [2.45, 2.75) is 56.6 Å². The minimum absolute atomic E-state index is 0.0977. The van der Waals surface area contributed by atoms with Gasteiger partial charge in [-0.25, -0.2) is 4.68 Å². The smallest absolute Gasteiger partial charge is 0.235 e. The van der Waals surface area contributed by atoms with Crippen LogP contribution in [-0.2, 0) is 4.79 Å². The first-order chi connectivity index (χ1) is 14.1. The van der Waals surface area contributed by atoms with E-state index in [1.54, 1.807) is 10.9 Å². The Morgan fingerprint density at radius 1 is 1.21 bits per heavy atom. The Kier molecular flexibility index (Phi) is 5.94. The van der Waals surface area contributed by atoms with Crippen molar-refractivity contribution in [2.75, 3.05) is 11.1 Å². The van der Waals surface area contributed by atoms with E-state index in [4.69, 9.17) is 0 Å². The molecule has 0 bridgehead atoms. The first kappa shape index (κ1) is 19.6. The lowest BCUT2D eigenvalue weighted by molar-refractivity contribution is -0.113. The number of anilines is 1. The van der Waals surface area contributed by atoms with E-state index in [2.05, 4.69) is 51.9 Å². The third-order valence-corrected chi connectivity index (χ3v) is 6.11. The number of carbonyl (C=O) groups is 1. The maximum atomic E-state index is 12.5. The van der Waals surface area contributed by atoms with Crippen LogP contribution in [0.1, 0.15) is 57.1 Å². The summed E-state index contributed by atoms with van der Waals surface area (Å²) < 4.78 is 3.60. The van der Waals surface area contributed by atoms with E-state index in [0.717, 1.165) is 24.3 Å². The molecular formula is C20H25N7OS. The fourth-order valence-corrected chi connectivity index (χ4v) is 4.28. The second kappa shape index (κ2) is 8.77. The van der Waals surface area contributed by atoms with Crippen molar-refractivity contribution in [1.29, 1.82) is 0 Å². The average molecular weight is 412 g/mol. The molecule has 1 saturated carbocycles. The van der Waals surface area contributed by atoms with Gasteiger partial charge in [-0.3, -0.25) is 4.79 Å². The number of hydrogen-bond acceptors (Lipinski definition) is 6. The third kappa shape index (κ3) is 4.50. The predicted molar refractivity (Wildman–Crippen MR) is 112 cm³/mol. The van der Waals surface area contributed by atoms with Gasteiger partial charge in [-0.1, -0.05) is 50.6 Å². The van der Waals surface area contributed by atoms with E-state index in [1.807, 2.05) is 22.9 Å². The number of amides is 1. The number of hydrogen-bond donors (Lipinski definition) is 1. The number of benzene rings is 1. The van der Waals surface area contributed by atoms with Crippen molar-refractivity contribution in [1.82, 2.24) is 30.0 Å². The minimum Gasteiger partial charge on any atom is -0.310 e. The van der Waals surface area contributed by atoms with Gasteiger partial charge < -0.3 is 5.32 Å². The first-order valence-electron chi connectivity index (χ1n) is 9.96. The molecule has 1 fully saturated rings. The highest BCUT2D eigenvalue weighted by atomic mass is 32.2. The van der Waals surface area contributed by atoms with Crippen molar-refractivity contribution in [3.05, 3.63) is 42.1 Å². The summed E-state index contributed by atoms with van der Waals surface area (Å²) in [6.07, 6.45) is 6.40.